The number of thiophene rings is 1. The van der Waals surface area contributed by atoms with E-state index in [0.29, 0.717) is 5.41 Å². The van der Waals surface area contributed by atoms with Crippen molar-refractivity contribution in [2.75, 3.05) is 13.1 Å². The maximum Gasteiger partial charge on any atom is 0.0181 e. The van der Waals surface area contributed by atoms with Crippen LogP contribution in [0.5, 0.6) is 0 Å². The molecule has 1 N–H and O–H groups in total. The Kier molecular flexibility index (Phi) is 2.20. The van der Waals surface area contributed by atoms with Gasteiger partial charge in [-0.25, -0.2) is 0 Å². The van der Waals surface area contributed by atoms with Gasteiger partial charge in [0.05, 0.1) is 0 Å². The molecule has 1 fully saturated rings. The van der Waals surface area contributed by atoms with Crippen LogP contribution in [0.15, 0.2) is 17.5 Å². The lowest BCUT2D eigenvalue weighted by Crippen LogP contribution is -2.26. The largest absolute Gasteiger partial charge is 0.316 e. The van der Waals surface area contributed by atoms with E-state index in [1.807, 2.05) is 11.3 Å². The summed E-state index contributed by atoms with van der Waals surface area (Å²) < 4.78 is 0. The smallest absolute Gasteiger partial charge is 0.0181 e. The fourth-order valence-corrected chi connectivity index (χ4v) is 3.04. The predicted octanol–water partition coefficient (Wildman–Crippen LogP) is 2.39. The Morgan fingerprint density at radius 1 is 1.67 bits per heavy atom. The van der Waals surface area contributed by atoms with Crippen molar-refractivity contribution in [2.24, 2.45) is 0 Å². The van der Waals surface area contributed by atoms with Gasteiger partial charge in [-0.3, -0.25) is 0 Å². The molecule has 1 saturated heterocycles. The third kappa shape index (κ3) is 1.19. The van der Waals surface area contributed by atoms with Crippen LogP contribution >= 0.6 is 11.3 Å². The van der Waals surface area contributed by atoms with Gasteiger partial charge in [0.1, 0.15) is 0 Å². The zero-order valence-electron chi connectivity index (χ0n) is 7.47. The summed E-state index contributed by atoms with van der Waals surface area (Å²) in [6.07, 6.45) is 2.57. The number of rotatable bonds is 2. The van der Waals surface area contributed by atoms with Gasteiger partial charge in [0.25, 0.3) is 0 Å². The van der Waals surface area contributed by atoms with Gasteiger partial charge in [-0.2, -0.15) is 0 Å². The maximum absolute atomic E-state index is 3.46. The molecule has 1 atom stereocenters. The maximum atomic E-state index is 3.46. The minimum Gasteiger partial charge on any atom is -0.316 e. The summed E-state index contributed by atoms with van der Waals surface area (Å²) in [4.78, 5) is 1.56. The van der Waals surface area contributed by atoms with E-state index in [1.165, 1.54) is 25.9 Å². The highest BCUT2D eigenvalue weighted by molar-refractivity contribution is 7.10. The van der Waals surface area contributed by atoms with Crippen molar-refractivity contribution in [1.29, 1.82) is 0 Å². The van der Waals surface area contributed by atoms with E-state index in [9.17, 15) is 0 Å². The molecule has 1 nitrogen and oxygen atoms in total. The summed E-state index contributed by atoms with van der Waals surface area (Å²) in [5.41, 5.74) is 0.466. The molecule has 12 heavy (non-hydrogen) atoms. The summed E-state index contributed by atoms with van der Waals surface area (Å²) in [5.74, 6) is 0. The Labute approximate surface area is 77.8 Å². The zero-order valence-corrected chi connectivity index (χ0v) is 8.29. The standard InChI is InChI=1S/C10H15NS/c1-2-10(5-6-11-8-10)9-4-3-7-12-9/h3-4,7,11H,2,5-6,8H2,1H3. The molecule has 0 bridgehead atoms. The molecule has 2 heterocycles. The molecule has 1 aromatic rings. The number of hydrogen-bond donors (Lipinski definition) is 1. The van der Waals surface area contributed by atoms with E-state index in [-0.39, 0.29) is 0 Å². The number of nitrogens with one attached hydrogen (secondary N) is 1. The van der Waals surface area contributed by atoms with Crippen LogP contribution in [0, 0.1) is 0 Å². The van der Waals surface area contributed by atoms with E-state index in [1.54, 1.807) is 4.88 Å². The SMILES string of the molecule is CCC1(c2cccs2)CCNC1. The predicted molar refractivity (Wildman–Crippen MR) is 53.8 cm³/mol. The van der Waals surface area contributed by atoms with Crippen molar-refractivity contribution in [3.05, 3.63) is 22.4 Å². The first-order chi connectivity index (χ1) is 5.87. The lowest BCUT2D eigenvalue weighted by molar-refractivity contribution is 0.463. The molecule has 0 amide bonds. The molecule has 1 aromatic heterocycles. The quantitative estimate of drug-likeness (QED) is 0.738. The van der Waals surface area contributed by atoms with Crippen molar-refractivity contribution in [3.63, 3.8) is 0 Å². The van der Waals surface area contributed by atoms with Gasteiger partial charge in [0.15, 0.2) is 0 Å². The molecule has 0 aromatic carbocycles. The van der Waals surface area contributed by atoms with Crippen LogP contribution in [-0.2, 0) is 5.41 Å². The van der Waals surface area contributed by atoms with Gasteiger partial charge in [0.2, 0.25) is 0 Å². The molecule has 0 spiro atoms. The van der Waals surface area contributed by atoms with Crippen molar-refractivity contribution in [1.82, 2.24) is 5.32 Å². The summed E-state index contributed by atoms with van der Waals surface area (Å²) in [5, 5.41) is 5.64. The topological polar surface area (TPSA) is 12.0 Å². The molecule has 0 radical (unpaired) electrons. The van der Waals surface area contributed by atoms with Crippen LogP contribution in [0.3, 0.4) is 0 Å². The lowest BCUT2D eigenvalue weighted by atomic mass is 9.83. The van der Waals surface area contributed by atoms with Crippen LogP contribution in [0.25, 0.3) is 0 Å². The van der Waals surface area contributed by atoms with Gasteiger partial charge < -0.3 is 5.32 Å². The second kappa shape index (κ2) is 3.19. The second-order valence-electron chi connectivity index (χ2n) is 3.54. The van der Waals surface area contributed by atoms with Crippen LogP contribution in [0.1, 0.15) is 24.6 Å². The lowest BCUT2D eigenvalue weighted by Gasteiger charge is -2.24. The molecule has 2 rings (SSSR count). The van der Waals surface area contributed by atoms with Crippen molar-refractivity contribution in [2.45, 2.75) is 25.2 Å². The summed E-state index contributed by atoms with van der Waals surface area (Å²) in [6, 6.07) is 4.44. The zero-order chi connectivity index (χ0) is 8.44. The molecule has 1 aliphatic rings. The normalized spacial score (nSPS) is 29.4. The first kappa shape index (κ1) is 8.27. The molecule has 0 aliphatic carbocycles. The summed E-state index contributed by atoms with van der Waals surface area (Å²) in [6.45, 7) is 4.66. The van der Waals surface area contributed by atoms with Crippen LogP contribution in [0.4, 0.5) is 0 Å². The highest BCUT2D eigenvalue weighted by Gasteiger charge is 2.34. The van der Waals surface area contributed by atoms with E-state index in [4.69, 9.17) is 0 Å². The highest BCUT2D eigenvalue weighted by Crippen LogP contribution is 2.36. The third-order valence-corrected chi connectivity index (χ3v) is 4.08. The minimum absolute atomic E-state index is 0.466. The second-order valence-corrected chi connectivity index (χ2v) is 4.49. The van der Waals surface area contributed by atoms with Crippen molar-refractivity contribution in [3.8, 4) is 0 Å². The molecule has 1 unspecified atom stereocenters. The average Bonchev–Trinajstić information content (AvgIpc) is 2.76. The Bertz CT molecular complexity index is 234. The Hall–Kier alpha value is -0.340. The van der Waals surface area contributed by atoms with E-state index in [0.717, 1.165) is 0 Å². The molecule has 0 saturated carbocycles. The summed E-state index contributed by atoms with van der Waals surface area (Å²) >= 11 is 1.90. The van der Waals surface area contributed by atoms with E-state index >= 15 is 0 Å². The first-order valence-corrected chi connectivity index (χ1v) is 5.50. The van der Waals surface area contributed by atoms with Gasteiger partial charge in [-0.1, -0.05) is 13.0 Å². The monoisotopic (exact) mass is 181 g/mol. The average molecular weight is 181 g/mol. The Morgan fingerprint density at radius 3 is 3.08 bits per heavy atom. The van der Waals surface area contributed by atoms with Gasteiger partial charge in [0, 0.05) is 16.8 Å². The van der Waals surface area contributed by atoms with Gasteiger partial charge in [-0.05, 0) is 30.8 Å². The fourth-order valence-electron chi connectivity index (χ4n) is 2.01. The minimum atomic E-state index is 0.466. The Morgan fingerprint density at radius 2 is 2.58 bits per heavy atom. The van der Waals surface area contributed by atoms with E-state index in [2.05, 4.69) is 29.8 Å². The molecular weight excluding hydrogens is 166 g/mol. The summed E-state index contributed by atoms with van der Waals surface area (Å²) in [7, 11) is 0. The Balaban J connectivity index is 2.28. The highest BCUT2D eigenvalue weighted by atomic mass is 32.1. The number of hydrogen-bond acceptors (Lipinski definition) is 2. The van der Waals surface area contributed by atoms with Crippen LogP contribution < -0.4 is 5.32 Å². The van der Waals surface area contributed by atoms with E-state index < -0.39 is 0 Å². The molecule has 1 aliphatic heterocycles. The molecule has 2 heteroatoms. The fraction of sp³-hybridized carbons (Fsp3) is 0.600. The third-order valence-electron chi connectivity index (χ3n) is 2.96. The van der Waals surface area contributed by atoms with Crippen LogP contribution in [0.2, 0.25) is 0 Å². The van der Waals surface area contributed by atoms with Crippen LogP contribution in [-0.4, -0.2) is 13.1 Å². The first-order valence-electron chi connectivity index (χ1n) is 4.62. The van der Waals surface area contributed by atoms with Crippen molar-refractivity contribution < 1.29 is 0 Å². The van der Waals surface area contributed by atoms with Gasteiger partial charge >= 0.3 is 0 Å². The van der Waals surface area contributed by atoms with Gasteiger partial charge in [-0.15, -0.1) is 11.3 Å². The molecule has 66 valence electrons. The van der Waals surface area contributed by atoms with Crippen molar-refractivity contribution >= 4 is 11.3 Å². The molecular formula is C10H15NS.